The van der Waals surface area contributed by atoms with Crippen LogP contribution < -0.4 is 4.74 Å². The highest BCUT2D eigenvalue weighted by atomic mass is 35.5. The van der Waals surface area contributed by atoms with Crippen LogP contribution in [0.25, 0.3) is 0 Å². The molecular formula is C14H8Cl2N2O3. The molecule has 0 saturated carbocycles. The van der Waals surface area contributed by atoms with Crippen molar-refractivity contribution in [3.05, 3.63) is 67.7 Å². The molecule has 7 heteroatoms. The number of halogens is 2. The van der Waals surface area contributed by atoms with Crippen molar-refractivity contribution >= 4 is 28.9 Å². The standard InChI is InChI=1S/C14H8Cl2N2O3/c15-11-4-2-10(13(5-11)18(19)20)8-21-14-6-12(16)3-1-9(14)7-17/h1-6H,8H2. The maximum absolute atomic E-state index is 11.0. The van der Waals surface area contributed by atoms with E-state index in [1.807, 2.05) is 6.07 Å². The lowest BCUT2D eigenvalue weighted by atomic mass is 10.2. The quantitative estimate of drug-likeness (QED) is 0.619. The summed E-state index contributed by atoms with van der Waals surface area (Å²) in [5.41, 5.74) is 0.521. The number of nitro groups is 1. The van der Waals surface area contributed by atoms with Gasteiger partial charge in [0, 0.05) is 22.2 Å². The molecule has 0 heterocycles. The fourth-order valence-corrected chi connectivity index (χ4v) is 2.02. The van der Waals surface area contributed by atoms with E-state index in [0.29, 0.717) is 16.1 Å². The lowest BCUT2D eigenvalue weighted by Gasteiger charge is -2.09. The highest BCUT2D eigenvalue weighted by Gasteiger charge is 2.15. The molecule has 0 unspecified atom stereocenters. The van der Waals surface area contributed by atoms with Gasteiger partial charge in [0.05, 0.1) is 16.1 Å². The van der Waals surface area contributed by atoms with E-state index in [9.17, 15) is 10.1 Å². The Balaban J connectivity index is 2.27. The summed E-state index contributed by atoms with van der Waals surface area (Å²) < 4.78 is 5.47. The molecule has 2 rings (SSSR count). The monoisotopic (exact) mass is 322 g/mol. The number of benzene rings is 2. The van der Waals surface area contributed by atoms with Crippen LogP contribution in [0.5, 0.6) is 5.75 Å². The maximum Gasteiger partial charge on any atom is 0.277 e. The molecule has 0 saturated heterocycles. The van der Waals surface area contributed by atoms with Crippen LogP contribution >= 0.6 is 23.2 Å². The van der Waals surface area contributed by atoms with Gasteiger partial charge in [-0.1, -0.05) is 23.2 Å². The summed E-state index contributed by atoms with van der Waals surface area (Å²) in [5, 5.41) is 20.6. The van der Waals surface area contributed by atoms with Crippen LogP contribution in [0.3, 0.4) is 0 Å². The predicted molar refractivity (Wildman–Crippen MR) is 78.6 cm³/mol. The normalized spacial score (nSPS) is 9.95. The van der Waals surface area contributed by atoms with Gasteiger partial charge in [0.1, 0.15) is 18.4 Å². The summed E-state index contributed by atoms with van der Waals surface area (Å²) in [4.78, 5) is 10.4. The van der Waals surface area contributed by atoms with Gasteiger partial charge in [-0.3, -0.25) is 10.1 Å². The largest absolute Gasteiger partial charge is 0.487 e. The number of rotatable bonds is 4. The van der Waals surface area contributed by atoms with Crippen molar-refractivity contribution in [1.29, 1.82) is 5.26 Å². The predicted octanol–water partition coefficient (Wildman–Crippen LogP) is 4.35. The third-order valence-electron chi connectivity index (χ3n) is 2.69. The molecule has 0 bridgehead atoms. The molecule has 0 aliphatic rings. The molecule has 0 aromatic heterocycles. The van der Waals surface area contributed by atoms with Gasteiger partial charge in [-0.15, -0.1) is 0 Å². The molecular weight excluding hydrogens is 315 g/mol. The Kier molecular flexibility index (Phi) is 4.63. The number of hydrogen-bond donors (Lipinski definition) is 0. The average molecular weight is 323 g/mol. The Bertz CT molecular complexity index is 741. The first kappa shape index (κ1) is 15.1. The molecule has 0 spiro atoms. The van der Waals surface area contributed by atoms with E-state index in [-0.39, 0.29) is 23.1 Å². The molecule has 0 radical (unpaired) electrons. The molecule has 0 amide bonds. The molecule has 0 aliphatic carbocycles. The van der Waals surface area contributed by atoms with Crippen molar-refractivity contribution in [3.8, 4) is 11.8 Å². The number of hydrogen-bond acceptors (Lipinski definition) is 4. The van der Waals surface area contributed by atoms with E-state index in [0.717, 1.165) is 0 Å². The van der Waals surface area contributed by atoms with Crippen LogP contribution in [0, 0.1) is 21.4 Å². The van der Waals surface area contributed by atoms with Crippen molar-refractivity contribution in [2.24, 2.45) is 0 Å². The molecule has 0 N–H and O–H groups in total. The second kappa shape index (κ2) is 6.44. The minimum atomic E-state index is -0.534. The molecule has 106 valence electrons. The summed E-state index contributed by atoms with van der Waals surface area (Å²) >= 11 is 11.6. The van der Waals surface area contributed by atoms with Crippen LogP contribution in [0.15, 0.2) is 36.4 Å². The third-order valence-corrected chi connectivity index (χ3v) is 3.16. The van der Waals surface area contributed by atoms with Gasteiger partial charge >= 0.3 is 0 Å². The first-order valence-corrected chi connectivity index (χ1v) is 6.52. The number of ether oxygens (including phenoxy) is 1. The Labute approximate surface area is 130 Å². The van der Waals surface area contributed by atoms with Crippen molar-refractivity contribution in [2.75, 3.05) is 0 Å². The van der Waals surface area contributed by atoms with E-state index in [1.165, 1.54) is 30.3 Å². The van der Waals surface area contributed by atoms with Crippen LogP contribution in [-0.4, -0.2) is 4.92 Å². The van der Waals surface area contributed by atoms with Crippen molar-refractivity contribution in [3.63, 3.8) is 0 Å². The van der Waals surface area contributed by atoms with Gasteiger partial charge in [0.15, 0.2) is 0 Å². The van der Waals surface area contributed by atoms with Crippen LogP contribution in [0.4, 0.5) is 5.69 Å². The molecule has 0 fully saturated rings. The number of nitrogens with zero attached hydrogens (tertiary/aromatic N) is 2. The summed E-state index contributed by atoms with van der Waals surface area (Å²) in [6.07, 6.45) is 0. The van der Waals surface area contributed by atoms with E-state index in [4.69, 9.17) is 33.2 Å². The van der Waals surface area contributed by atoms with Crippen molar-refractivity contribution in [2.45, 2.75) is 6.61 Å². The fraction of sp³-hybridized carbons (Fsp3) is 0.0714. The minimum Gasteiger partial charge on any atom is -0.487 e. The second-order valence-corrected chi connectivity index (χ2v) is 4.94. The Morgan fingerprint density at radius 2 is 1.86 bits per heavy atom. The summed E-state index contributed by atoms with van der Waals surface area (Å²) in [5.74, 6) is 0.272. The summed E-state index contributed by atoms with van der Waals surface area (Å²) in [6.45, 7) is -0.0670. The van der Waals surface area contributed by atoms with Gasteiger partial charge in [-0.2, -0.15) is 5.26 Å². The van der Waals surface area contributed by atoms with Gasteiger partial charge in [0.25, 0.3) is 5.69 Å². The third kappa shape index (κ3) is 3.63. The smallest absolute Gasteiger partial charge is 0.277 e. The van der Waals surface area contributed by atoms with E-state index >= 15 is 0 Å². The molecule has 2 aromatic rings. The first-order valence-electron chi connectivity index (χ1n) is 5.76. The summed E-state index contributed by atoms with van der Waals surface area (Å²) in [6, 6.07) is 10.8. The first-order chi connectivity index (χ1) is 10.0. The van der Waals surface area contributed by atoms with Crippen LogP contribution in [0.1, 0.15) is 11.1 Å². The zero-order valence-electron chi connectivity index (χ0n) is 10.5. The van der Waals surface area contributed by atoms with Gasteiger partial charge in [-0.25, -0.2) is 0 Å². The van der Waals surface area contributed by atoms with Crippen LogP contribution in [0.2, 0.25) is 10.0 Å². The minimum absolute atomic E-state index is 0.0670. The maximum atomic E-state index is 11.0. The molecule has 21 heavy (non-hydrogen) atoms. The Hall–Kier alpha value is -2.29. The van der Waals surface area contributed by atoms with Gasteiger partial charge in [0.2, 0.25) is 0 Å². The van der Waals surface area contributed by atoms with E-state index in [1.54, 1.807) is 6.07 Å². The summed E-state index contributed by atoms with van der Waals surface area (Å²) in [7, 11) is 0. The zero-order chi connectivity index (χ0) is 15.4. The highest BCUT2D eigenvalue weighted by Crippen LogP contribution is 2.27. The molecule has 0 atom stereocenters. The zero-order valence-corrected chi connectivity index (χ0v) is 12.1. The van der Waals surface area contributed by atoms with Crippen LogP contribution in [-0.2, 0) is 6.61 Å². The molecule has 0 aliphatic heterocycles. The van der Waals surface area contributed by atoms with Gasteiger partial charge in [-0.05, 0) is 24.3 Å². The van der Waals surface area contributed by atoms with Crippen molar-refractivity contribution < 1.29 is 9.66 Å². The van der Waals surface area contributed by atoms with Gasteiger partial charge < -0.3 is 4.74 Å². The van der Waals surface area contributed by atoms with E-state index in [2.05, 4.69) is 0 Å². The molecule has 5 nitrogen and oxygen atoms in total. The van der Waals surface area contributed by atoms with Crippen molar-refractivity contribution in [1.82, 2.24) is 0 Å². The lowest BCUT2D eigenvalue weighted by Crippen LogP contribution is -2.01. The average Bonchev–Trinajstić information content (AvgIpc) is 2.46. The fourth-order valence-electron chi connectivity index (χ4n) is 1.69. The lowest BCUT2D eigenvalue weighted by molar-refractivity contribution is -0.385. The SMILES string of the molecule is N#Cc1ccc(Cl)cc1OCc1ccc(Cl)cc1[N+](=O)[O-]. The Morgan fingerprint density at radius 3 is 2.52 bits per heavy atom. The number of nitriles is 1. The van der Waals surface area contributed by atoms with E-state index < -0.39 is 4.92 Å². The second-order valence-electron chi connectivity index (χ2n) is 4.07. The topological polar surface area (TPSA) is 76.2 Å². The number of nitro benzene ring substituents is 1. The highest BCUT2D eigenvalue weighted by molar-refractivity contribution is 6.31. The molecule has 2 aromatic carbocycles. The Morgan fingerprint density at radius 1 is 1.19 bits per heavy atom.